The van der Waals surface area contributed by atoms with Gasteiger partial charge in [0.25, 0.3) is 5.91 Å². The first-order chi connectivity index (χ1) is 17.7. The van der Waals surface area contributed by atoms with Crippen molar-refractivity contribution < 1.29 is 28.9 Å². The van der Waals surface area contributed by atoms with Crippen molar-refractivity contribution in [2.24, 2.45) is 23.5 Å². The van der Waals surface area contributed by atoms with E-state index in [0.717, 1.165) is 12.8 Å². The van der Waals surface area contributed by atoms with E-state index in [1.54, 1.807) is 32.2 Å². The number of para-hydroxylation sites is 1. The van der Waals surface area contributed by atoms with E-state index in [1.807, 2.05) is 0 Å². The molecule has 0 heterocycles. The number of nitrogens with two attached hydrogens (primary N) is 1. The van der Waals surface area contributed by atoms with E-state index in [0.29, 0.717) is 62.6 Å². The maximum atomic E-state index is 13.1. The third-order valence-electron chi connectivity index (χ3n) is 6.59. The van der Waals surface area contributed by atoms with E-state index in [4.69, 9.17) is 19.9 Å². The lowest BCUT2D eigenvalue weighted by atomic mass is 9.86. The van der Waals surface area contributed by atoms with Gasteiger partial charge in [0, 0.05) is 45.2 Å². The molecule has 0 aliphatic heterocycles. The van der Waals surface area contributed by atoms with Crippen LogP contribution in [0, 0.1) is 17.8 Å². The van der Waals surface area contributed by atoms with E-state index in [9.17, 15) is 14.7 Å². The molecule has 212 valence electrons. The van der Waals surface area contributed by atoms with E-state index in [-0.39, 0.29) is 29.6 Å². The number of unbranched alkanes of at least 4 members (excludes halogenated alkanes) is 1. The number of carbonyl (C=O) groups is 2. The van der Waals surface area contributed by atoms with Gasteiger partial charge >= 0.3 is 0 Å². The second-order valence-electron chi connectivity index (χ2n) is 9.99. The molecule has 0 bridgehead atoms. The number of nitrogens with one attached hydrogen (secondary N) is 2. The van der Waals surface area contributed by atoms with Gasteiger partial charge in [0.15, 0.2) is 11.5 Å². The zero-order valence-corrected chi connectivity index (χ0v) is 23.5. The van der Waals surface area contributed by atoms with E-state index >= 15 is 0 Å². The molecule has 0 radical (unpaired) electrons. The van der Waals surface area contributed by atoms with Crippen LogP contribution in [-0.2, 0) is 9.53 Å². The second kappa shape index (κ2) is 18.0. The van der Waals surface area contributed by atoms with Crippen LogP contribution in [0.1, 0.15) is 70.2 Å². The number of aliphatic hydroxyl groups excluding tert-OH is 1. The van der Waals surface area contributed by atoms with Crippen LogP contribution in [0.15, 0.2) is 18.2 Å². The Kier molecular flexibility index (Phi) is 15.9. The first kappa shape index (κ1) is 32.7. The lowest BCUT2D eigenvalue weighted by Gasteiger charge is -2.28. The van der Waals surface area contributed by atoms with Crippen molar-refractivity contribution in [3.63, 3.8) is 0 Å². The Balaban J connectivity index is 2.74. The van der Waals surface area contributed by atoms with Gasteiger partial charge in [0.2, 0.25) is 5.91 Å². The molecule has 0 aliphatic carbocycles. The summed E-state index contributed by atoms with van der Waals surface area (Å²) in [6.07, 6.45) is 2.62. The van der Waals surface area contributed by atoms with Gasteiger partial charge < -0.3 is 35.7 Å². The summed E-state index contributed by atoms with van der Waals surface area (Å²) in [5.74, 6) is 0.498. The first-order valence-corrected chi connectivity index (χ1v) is 13.4. The maximum absolute atomic E-state index is 13.1. The van der Waals surface area contributed by atoms with Crippen molar-refractivity contribution in [2.75, 3.05) is 40.5 Å². The molecule has 4 atom stereocenters. The number of rotatable bonds is 19. The third-order valence-corrected chi connectivity index (χ3v) is 6.59. The number of amides is 2. The molecule has 0 aliphatic rings. The number of aliphatic hydroxyl groups is 1. The molecule has 0 spiro atoms. The molecule has 0 aromatic heterocycles. The lowest BCUT2D eigenvalue weighted by Crippen LogP contribution is -2.42. The monoisotopic (exact) mass is 523 g/mol. The Morgan fingerprint density at radius 3 is 2.41 bits per heavy atom. The summed E-state index contributed by atoms with van der Waals surface area (Å²) in [5.41, 5.74) is 6.74. The van der Waals surface area contributed by atoms with Crippen LogP contribution >= 0.6 is 0 Å². The minimum atomic E-state index is -0.811. The van der Waals surface area contributed by atoms with Gasteiger partial charge in [-0.25, -0.2) is 0 Å². The lowest BCUT2D eigenvalue weighted by molar-refractivity contribution is -0.125. The van der Waals surface area contributed by atoms with Crippen LogP contribution in [-0.4, -0.2) is 69.6 Å². The van der Waals surface area contributed by atoms with Crippen molar-refractivity contribution in [1.82, 2.24) is 10.6 Å². The van der Waals surface area contributed by atoms with Crippen LogP contribution < -0.4 is 25.8 Å². The molecule has 1 rings (SSSR count). The topological polar surface area (TPSA) is 132 Å². The number of methoxy groups -OCH3 is 2. The van der Waals surface area contributed by atoms with Gasteiger partial charge in [-0.05, 0) is 43.2 Å². The minimum Gasteiger partial charge on any atom is -0.493 e. The average molecular weight is 524 g/mol. The Bertz CT molecular complexity index is 804. The molecule has 5 N–H and O–H groups in total. The van der Waals surface area contributed by atoms with Crippen LogP contribution in [0.2, 0.25) is 0 Å². The highest BCUT2D eigenvalue weighted by Crippen LogP contribution is 2.31. The predicted octanol–water partition coefficient (Wildman–Crippen LogP) is 3.13. The Labute approximate surface area is 222 Å². The molecular weight excluding hydrogens is 474 g/mol. The smallest absolute Gasteiger partial charge is 0.255 e. The summed E-state index contributed by atoms with van der Waals surface area (Å²) in [6, 6.07) is 4.70. The minimum absolute atomic E-state index is 0.0407. The quantitative estimate of drug-likeness (QED) is 0.205. The van der Waals surface area contributed by atoms with Crippen molar-refractivity contribution in [3.05, 3.63) is 23.8 Å². The Morgan fingerprint density at radius 1 is 1.05 bits per heavy atom. The van der Waals surface area contributed by atoms with E-state index in [1.165, 1.54) is 7.11 Å². The van der Waals surface area contributed by atoms with Crippen molar-refractivity contribution in [1.29, 1.82) is 0 Å². The number of benzene rings is 1. The van der Waals surface area contributed by atoms with Gasteiger partial charge in [-0.1, -0.05) is 40.2 Å². The zero-order valence-electron chi connectivity index (χ0n) is 23.5. The standard InChI is InChI=1S/C28H49N3O6/c1-7-8-13-30-27(33)20(4)16-24(32)23(29)17-21(19(2)3)18-31-28(34)22-11-9-12-25(36-6)26(22)37-15-10-14-35-5/h9,11-12,19-21,23-24,32H,7-8,10,13-18,29H2,1-6H3,(H,30,33)(H,31,34). The van der Waals surface area contributed by atoms with Gasteiger partial charge in [-0.3, -0.25) is 9.59 Å². The van der Waals surface area contributed by atoms with Crippen molar-refractivity contribution in [2.45, 2.75) is 71.9 Å². The zero-order chi connectivity index (χ0) is 27.8. The number of carbonyl (C=O) groups excluding carboxylic acids is 2. The summed E-state index contributed by atoms with van der Waals surface area (Å²) >= 11 is 0. The fraction of sp³-hybridized carbons (Fsp3) is 0.714. The fourth-order valence-electron chi connectivity index (χ4n) is 4.01. The first-order valence-electron chi connectivity index (χ1n) is 13.4. The molecule has 0 fully saturated rings. The van der Waals surface area contributed by atoms with Crippen molar-refractivity contribution >= 4 is 11.8 Å². The highest BCUT2D eigenvalue weighted by Gasteiger charge is 2.26. The third kappa shape index (κ3) is 11.7. The molecule has 2 amide bonds. The van der Waals surface area contributed by atoms with E-state index < -0.39 is 12.1 Å². The summed E-state index contributed by atoms with van der Waals surface area (Å²) in [5, 5.41) is 16.6. The maximum Gasteiger partial charge on any atom is 0.255 e. The molecular formula is C28H49N3O6. The SMILES string of the molecule is CCCCNC(=O)C(C)CC(O)C(N)CC(CNC(=O)c1cccc(OC)c1OCCCOC)C(C)C. The second-order valence-corrected chi connectivity index (χ2v) is 9.99. The van der Waals surface area contributed by atoms with Gasteiger partial charge in [0.1, 0.15) is 0 Å². The summed E-state index contributed by atoms with van der Waals surface area (Å²) in [4.78, 5) is 25.4. The number of hydrogen-bond acceptors (Lipinski definition) is 7. The molecule has 1 aromatic rings. The number of hydrogen-bond donors (Lipinski definition) is 4. The van der Waals surface area contributed by atoms with Crippen LogP contribution in [0.5, 0.6) is 11.5 Å². The van der Waals surface area contributed by atoms with Crippen LogP contribution in [0.4, 0.5) is 0 Å². The summed E-state index contributed by atoms with van der Waals surface area (Å²) in [6.45, 7) is 9.99. The number of ether oxygens (including phenoxy) is 3. The van der Waals surface area contributed by atoms with Gasteiger partial charge in [-0.15, -0.1) is 0 Å². The summed E-state index contributed by atoms with van der Waals surface area (Å²) in [7, 11) is 3.17. The van der Waals surface area contributed by atoms with Crippen LogP contribution in [0.3, 0.4) is 0 Å². The molecule has 4 unspecified atom stereocenters. The average Bonchev–Trinajstić information content (AvgIpc) is 2.88. The Morgan fingerprint density at radius 2 is 1.78 bits per heavy atom. The highest BCUT2D eigenvalue weighted by atomic mass is 16.5. The van der Waals surface area contributed by atoms with E-state index in [2.05, 4.69) is 31.4 Å². The predicted molar refractivity (Wildman–Crippen MR) is 146 cm³/mol. The van der Waals surface area contributed by atoms with Gasteiger partial charge in [0.05, 0.1) is 25.4 Å². The van der Waals surface area contributed by atoms with Crippen LogP contribution in [0.25, 0.3) is 0 Å². The molecule has 9 heteroatoms. The fourth-order valence-corrected chi connectivity index (χ4v) is 4.01. The highest BCUT2D eigenvalue weighted by molar-refractivity contribution is 5.97. The normalized spacial score (nSPS) is 14.5. The molecule has 1 aromatic carbocycles. The Hall–Kier alpha value is -2.36. The largest absolute Gasteiger partial charge is 0.493 e. The molecule has 0 saturated heterocycles. The van der Waals surface area contributed by atoms with Gasteiger partial charge in [-0.2, -0.15) is 0 Å². The summed E-state index contributed by atoms with van der Waals surface area (Å²) < 4.78 is 16.3. The van der Waals surface area contributed by atoms with Crippen molar-refractivity contribution in [3.8, 4) is 11.5 Å². The molecule has 0 saturated carbocycles. The molecule has 37 heavy (non-hydrogen) atoms. The molecule has 9 nitrogen and oxygen atoms in total.